The van der Waals surface area contributed by atoms with Gasteiger partial charge in [0, 0.05) is 32.6 Å². The van der Waals surface area contributed by atoms with Crippen LogP contribution in [0.15, 0.2) is 24.3 Å². The van der Waals surface area contributed by atoms with E-state index in [1.54, 1.807) is 14.0 Å². The van der Waals surface area contributed by atoms with E-state index in [1.807, 2.05) is 4.90 Å². The zero-order chi connectivity index (χ0) is 19.4. The molecule has 150 valence electrons. The van der Waals surface area contributed by atoms with E-state index in [9.17, 15) is 4.79 Å². The van der Waals surface area contributed by atoms with Crippen LogP contribution < -0.4 is 4.74 Å². The molecule has 1 amide bonds. The SMILES string of the molecule is CC[C@H]1[C@@H](C)N(Cc2ccc(OC)cc2)CC[C@H]1C1CCN(C(C)=O)CC1. The molecular weight excluding hydrogens is 336 g/mol. The lowest BCUT2D eigenvalue weighted by atomic mass is 9.69. The molecule has 4 heteroatoms. The first kappa shape index (κ1) is 20.2. The molecule has 0 bridgehead atoms. The highest BCUT2D eigenvalue weighted by molar-refractivity contribution is 5.73. The maximum Gasteiger partial charge on any atom is 0.219 e. The van der Waals surface area contributed by atoms with Crippen molar-refractivity contribution >= 4 is 5.91 Å². The van der Waals surface area contributed by atoms with Gasteiger partial charge in [-0.05, 0) is 68.2 Å². The standard InChI is InChI=1S/C23H36N2O2/c1-5-22-17(2)25(16-19-6-8-21(27-4)9-7-19)15-12-23(22)20-10-13-24(14-11-20)18(3)26/h6-9,17,20,22-23H,5,10-16H2,1-4H3/t17-,22+,23+/m1/s1. The Labute approximate surface area is 164 Å². The monoisotopic (exact) mass is 372 g/mol. The highest BCUT2D eigenvalue weighted by Crippen LogP contribution is 2.40. The topological polar surface area (TPSA) is 32.8 Å². The summed E-state index contributed by atoms with van der Waals surface area (Å²) in [7, 11) is 1.72. The van der Waals surface area contributed by atoms with Gasteiger partial charge in [0.05, 0.1) is 7.11 Å². The summed E-state index contributed by atoms with van der Waals surface area (Å²) in [4.78, 5) is 16.3. The minimum Gasteiger partial charge on any atom is -0.497 e. The third kappa shape index (κ3) is 4.66. The summed E-state index contributed by atoms with van der Waals surface area (Å²) in [5, 5.41) is 0. The fourth-order valence-corrected chi connectivity index (χ4v) is 5.42. The Balaban J connectivity index is 1.61. The largest absolute Gasteiger partial charge is 0.497 e. The predicted octanol–water partition coefficient (Wildman–Crippen LogP) is 4.19. The van der Waals surface area contributed by atoms with E-state index in [0.29, 0.717) is 6.04 Å². The molecule has 27 heavy (non-hydrogen) atoms. The van der Waals surface area contributed by atoms with E-state index < -0.39 is 0 Å². The molecule has 0 saturated carbocycles. The van der Waals surface area contributed by atoms with Gasteiger partial charge in [-0.3, -0.25) is 9.69 Å². The fraction of sp³-hybridized carbons (Fsp3) is 0.696. The average molecular weight is 373 g/mol. The number of methoxy groups -OCH3 is 1. The number of amides is 1. The molecule has 0 unspecified atom stereocenters. The molecule has 0 aromatic heterocycles. The summed E-state index contributed by atoms with van der Waals surface area (Å²) < 4.78 is 5.28. The normalized spacial score (nSPS) is 27.6. The van der Waals surface area contributed by atoms with Crippen molar-refractivity contribution in [1.82, 2.24) is 9.80 Å². The Kier molecular flexibility index (Phi) is 6.80. The van der Waals surface area contributed by atoms with Crippen LogP contribution in [0.5, 0.6) is 5.75 Å². The number of piperidine rings is 2. The molecule has 4 nitrogen and oxygen atoms in total. The van der Waals surface area contributed by atoms with Crippen molar-refractivity contribution in [2.45, 2.75) is 59.0 Å². The number of rotatable bonds is 5. The van der Waals surface area contributed by atoms with Gasteiger partial charge in [0.25, 0.3) is 0 Å². The van der Waals surface area contributed by atoms with Crippen LogP contribution in [0.4, 0.5) is 0 Å². The maximum absolute atomic E-state index is 11.6. The van der Waals surface area contributed by atoms with Crippen LogP contribution in [0, 0.1) is 17.8 Å². The molecule has 0 radical (unpaired) electrons. The van der Waals surface area contributed by atoms with Crippen molar-refractivity contribution < 1.29 is 9.53 Å². The van der Waals surface area contributed by atoms with Gasteiger partial charge in [0.2, 0.25) is 5.91 Å². The summed E-state index contributed by atoms with van der Waals surface area (Å²) in [6.45, 7) is 10.6. The minimum absolute atomic E-state index is 0.239. The molecule has 2 saturated heterocycles. The lowest BCUT2D eigenvalue weighted by molar-refractivity contribution is -0.130. The smallest absolute Gasteiger partial charge is 0.219 e. The number of likely N-dealkylation sites (tertiary alicyclic amines) is 2. The molecule has 0 aliphatic carbocycles. The second-order valence-corrected chi connectivity index (χ2v) is 8.43. The van der Waals surface area contributed by atoms with Gasteiger partial charge in [-0.15, -0.1) is 0 Å². The first-order chi connectivity index (χ1) is 13.0. The molecule has 1 aromatic carbocycles. The molecule has 0 spiro atoms. The summed E-state index contributed by atoms with van der Waals surface area (Å²) in [6, 6.07) is 9.12. The highest BCUT2D eigenvalue weighted by atomic mass is 16.5. The van der Waals surface area contributed by atoms with Crippen molar-refractivity contribution in [2.24, 2.45) is 17.8 Å². The van der Waals surface area contributed by atoms with E-state index in [4.69, 9.17) is 4.74 Å². The number of benzene rings is 1. The average Bonchev–Trinajstić information content (AvgIpc) is 2.70. The van der Waals surface area contributed by atoms with E-state index in [-0.39, 0.29) is 5.91 Å². The third-order valence-corrected chi connectivity index (χ3v) is 7.10. The number of hydrogen-bond donors (Lipinski definition) is 0. The molecule has 0 N–H and O–H groups in total. The van der Waals surface area contributed by atoms with Crippen molar-refractivity contribution in [3.8, 4) is 5.75 Å². The van der Waals surface area contributed by atoms with Crippen molar-refractivity contribution in [1.29, 1.82) is 0 Å². The lowest BCUT2D eigenvalue weighted by Gasteiger charge is -2.48. The zero-order valence-electron chi connectivity index (χ0n) is 17.5. The van der Waals surface area contributed by atoms with Gasteiger partial charge in [-0.1, -0.05) is 25.5 Å². The van der Waals surface area contributed by atoms with Crippen LogP contribution in [0.3, 0.4) is 0 Å². The number of carbonyl (C=O) groups excluding carboxylic acids is 1. The first-order valence-corrected chi connectivity index (χ1v) is 10.7. The summed E-state index contributed by atoms with van der Waals surface area (Å²) in [5.41, 5.74) is 1.37. The third-order valence-electron chi connectivity index (χ3n) is 7.10. The van der Waals surface area contributed by atoms with Crippen LogP contribution >= 0.6 is 0 Å². The number of carbonyl (C=O) groups is 1. The highest BCUT2D eigenvalue weighted by Gasteiger charge is 2.39. The Morgan fingerprint density at radius 3 is 2.33 bits per heavy atom. The van der Waals surface area contributed by atoms with Crippen molar-refractivity contribution in [3.05, 3.63) is 29.8 Å². The molecular formula is C23H36N2O2. The van der Waals surface area contributed by atoms with E-state index >= 15 is 0 Å². The Hall–Kier alpha value is -1.55. The predicted molar refractivity (Wildman–Crippen MR) is 110 cm³/mol. The number of hydrogen-bond acceptors (Lipinski definition) is 3. The molecule has 2 aliphatic rings. The van der Waals surface area contributed by atoms with Gasteiger partial charge in [0.1, 0.15) is 5.75 Å². The minimum atomic E-state index is 0.239. The Bertz CT molecular complexity index is 607. The van der Waals surface area contributed by atoms with Crippen molar-refractivity contribution in [2.75, 3.05) is 26.7 Å². The van der Waals surface area contributed by atoms with Gasteiger partial charge >= 0.3 is 0 Å². The van der Waals surface area contributed by atoms with Gasteiger partial charge in [0.15, 0.2) is 0 Å². The van der Waals surface area contributed by atoms with Crippen LogP contribution in [-0.2, 0) is 11.3 Å². The first-order valence-electron chi connectivity index (χ1n) is 10.7. The van der Waals surface area contributed by atoms with Crippen LogP contribution in [-0.4, -0.2) is 48.5 Å². The summed E-state index contributed by atoms with van der Waals surface area (Å²) in [6.07, 6.45) is 4.92. The molecule has 2 aliphatic heterocycles. The summed E-state index contributed by atoms with van der Waals surface area (Å²) in [5.74, 6) is 3.52. The molecule has 2 fully saturated rings. The fourth-order valence-electron chi connectivity index (χ4n) is 5.42. The Morgan fingerprint density at radius 1 is 1.11 bits per heavy atom. The maximum atomic E-state index is 11.6. The number of ether oxygens (including phenoxy) is 1. The molecule has 3 atom stereocenters. The van der Waals surface area contributed by atoms with Gasteiger partial charge in [-0.25, -0.2) is 0 Å². The van der Waals surface area contributed by atoms with Gasteiger partial charge in [-0.2, -0.15) is 0 Å². The van der Waals surface area contributed by atoms with Crippen LogP contribution in [0.2, 0.25) is 0 Å². The molecule has 3 rings (SSSR count). The second kappa shape index (κ2) is 9.09. The van der Waals surface area contributed by atoms with Gasteiger partial charge < -0.3 is 9.64 Å². The van der Waals surface area contributed by atoms with Crippen LogP contribution in [0.25, 0.3) is 0 Å². The molecule has 2 heterocycles. The summed E-state index contributed by atoms with van der Waals surface area (Å²) >= 11 is 0. The van der Waals surface area contributed by atoms with E-state index in [1.165, 1.54) is 37.8 Å². The van der Waals surface area contributed by atoms with E-state index in [2.05, 4.69) is 43.0 Å². The van der Waals surface area contributed by atoms with Crippen LogP contribution in [0.1, 0.15) is 52.0 Å². The van der Waals surface area contributed by atoms with Crippen molar-refractivity contribution in [3.63, 3.8) is 0 Å². The molecule has 1 aromatic rings. The second-order valence-electron chi connectivity index (χ2n) is 8.43. The Morgan fingerprint density at radius 2 is 1.78 bits per heavy atom. The van der Waals surface area contributed by atoms with E-state index in [0.717, 1.165) is 43.1 Å². The quantitative estimate of drug-likeness (QED) is 0.777. The number of nitrogens with zero attached hydrogens (tertiary/aromatic N) is 2. The lowest BCUT2D eigenvalue weighted by Crippen LogP contribution is -2.50. The zero-order valence-corrected chi connectivity index (χ0v) is 17.5.